The van der Waals surface area contributed by atoms with Crippen molar-refractivity contribution in [1.29, 1.82) is 0 Å². The van der Waals surface area contributed by atoms with Gasteiger partial charge in [0.15, 0.2) is 11.6 Å². The molecule has 0 spiro atoms. The molecule has 4 aromatic heterocycles. The summed E-state index contributed by atoms with van der Waals surface area (Å²) >= 11 is 0. The first kappa shape index (κ1) is 31.5. The molecule has 0 amide bonds. The van der Waals surface area contributed by atoms with E-state index in [9.17, 15) is 0 Å². The van der Waals surface area contributed by atoms with Crippen LogP contribution in [0.1, 0.15) is 0 Å². The summed E-state index contributed by atoms with van der Waals surface area (Å²) in [5, 5.41) is 6.61. The molecule has 12 rings (SSSR count). The molecule has 0 saturated heterocycles. The van der Waals surface area contributed by atoms with Crippen molar-refractivity contribution >= 4 is 65.7 Å². The molecule has 6 heteroatoms. The van der Waals surface area contributed by atoms with Gasteiger partial charge in [0.05, 0.1) is 11.0 Å². The maximum atomic E-state index is 6.18. The van der Waals surface area contributed by atoms with Crippen molar-refractivity contribution in [1.82, 2.24) is 19.5 Å². The molecule has 0 atom stereocenters. The molecule has 0 fully saturated rings. The number of aromatic nitrogens is 4. The Hall–Kier alpha value is -7.83. The van der Waals surface area contributed by atoms with Crippen molar-refractivity contribution < 1.29 is 8.83 Å². The Morgan fingerprint density at radius 2 is 0.684 bits per heavy atom. The standard InChI is InChI=1S/C51H30N4O2/c1-3-11-31(12-4-1)49-52-50(32-13-5-2-6-14-32)54-51(53-49)55-43-23-19-33(35-21-25-47-41(29-35)37-15-7-9-17-45(37)56-47)27-39(43)40-28-34(20-24-44(40)55)36-22-26-48-42(30-36)38-16-8-10-18-46(38)57-48/h1-30H. The van der Waals surface area contributed by atoms with Crippen LogP contribution in [0, 0.1) is 0 Å². The third kappa shape index (κ3) is 5.08. The molecule has 0 saturated carbocycles. The summed E-state index contributed by atoms with van der Waals surface area (Å²) in [7, 11) is 0. The van der Waals surface area contributed by atoms with Gasteiger partial charge in [-0.2, -0.15) is 9.97 Å². The Morgan fingerprint density at radius 3 is 1.16 bits per heavy atom. The van der Waals surface area contributed by atoms with Gasteiger partial charge in [-0.15, -0.1) is 0 Å². The minimum atomic E-state index is 0.556. The number of para-hydroxylation sites is 2. The van der Waals surface area contributed by atoms with Gasteiger partial charge in [-0.05, 0) is 82.9 Å². The largest absolute Gasteiger partial charge is 0.456 e. The highest BCUT2D eigenvalue weighted by Crippen LogP contribution is 2.40. The van der Waals surface area contributed by atoms with Gasteiger partial charge in [-0.1, -0.05) is 121 Å². The van der Waals surface area contributed by atoms with Crippen molar-refractivity contribution in [3.05, 3.63) is 182 Å². The number of hydrogen-bond donors (Lipinski definition) is 0. The van der Waals surface area contributed by atoms with Gasteiger partial charge in [-0.25, -0.2) is 4.98 Å². The van der Waals surface area contributed by atoms with Gasteiger partial charge in [0.25, 0.3) is 0 Å². The fraction of sp³-hybridized carbons (Fsp3) is 0. The molecule has 57 heavy (non-hydrogen) atoms. The first-order valence-corrected chi connectivity index (χ1v) is 19.0. The highest BCUT2D eigenvalue weighted by molar-refractivity contribution is 6.13. The van der Waals surface area contributed by atoms with Crippen LogP contribution in [0.25, 0.3) is 117 Å². The zero-order valence-electron chi connectivity index (χ0n) is 30.4. The van der Waals surface area contributed by atoms with E-state index in [0.29, 0.717) is 17.6 Å². The summed E-state index contributed by atoms with van der Waals surface area (Å²) in [4.78, 5) is 15.3. The summed E-state index contributed by atoms with van der Waals surface area (Å²) in [6.07, 6.45) is 0. The third-order valence-corrected chi connectivity index (χ3v) is 11.1. The van der Waals surface area contributed by atoms with E-state index in [1.54, 1.807) is 0 Å². The van der Waals surface area contributed by atoms with Crippen LogP contribution in [0.3, 0.4) is 0 Å². The van der Waals surface area contributed by atoms with Crippen molar-refractivity contribution in [2.24, 2.45) is 0 Å². The smallest absolute Gasteiger partial charge is 0.238 e. The zero-order valence-corrected chi connectivity index (χ0v) is 30.4. The summed E-state index contributed by atoms with van der Waals surface area (Å²) in [6.45, 7) is 0. The van der Waals surface area contributed by atoms with Gasteiger partial charge < -0.3 is 8.83 Å². The number of benzene rings is 8. The number of furan rings is 2. The lowest BCUT2D eigenvalue weighted by atomic mass is 9.98. The van der Waals surface area contributed by atoms with Crippen LogP contribution >= 0.6 is 0 Å². The minimum Gasteiger partial charge on any atom is -0.456 e. The Kier molecular flexibility index (Phi) is 6.83. The molecule has 0 aliphatic rings. The van der Waals surface area contributed by atoms with Crippen molar-refractivity contribution in [3.8, 4) is 51.0 Å². The average Bonchev–Trinajstić information content (AvgIpc) is 3.95. The van der Waals surface area contributed by atoms with E-state index in [1.807, 2.05) is 84.9 Å². The van der Waals surface area contributed by atoms with E-state index in [1.165, 1.54) is 0 Å². The molecular formula is C51H30N4O2. The quantitative estimate of drug-likeness (QED) is 0.176. The van der Waals surface area contributed by atoms with Crippen LogP contribution in [0.5, 0.6) is 0 Å². The molecule has 8 aromatic carbocycles. The van der Waals surface area contributed by atoms with Crippen LogP contribution in [-0.4, -0.2) is 19.5 Å². The minimum absolute atomic E-state index is 0.556. The SMILES string of the molecule is c1ccc(-c2nc(-c3ccccc3)nc(-n3c4ccc(-c5ccc6oc7ccccc7c6c5)cc4c4cc(-c5ccc6oc7ccccc7c6c5)ccc43)n2)cc1. The van der Waals surface area contributed by atoms with E-state index in [0.717, 1.165) is 99.1 Å². The summed E-state index contributed by atoms with van der Waals surface area (Å²) in [5.41, 5.74) is 11.8. The molecule has 0 aliphatic carbocycles. The van der Waals surface area contributed by atoms with Crippen LogP contribution in [0.4, 0.5) is 0 Å². The molecule has 12 aromatic rings. The van der Waals surface area contributed by atoms with Gasteiger partial charge in [0, 0.05) is 43.4 Å². The first-order valence-electron chi connectivity index (χ1n) is 19.0. The highest BCUT2D eigenvalue weighted by Gasteiger charge is 2.20. The molecule has 0 N–H and O–H groups in total. The Balaban J connectivity index is 1.11. The normalized spacial score (nSPS) is 11.9. The maximum Gasteiger partial charge on any atom is 0.238 e. The maximum absolute atomic E-state index is 6.18. The number of fused-ring (bicyclic) bond motifs is 9. The van der Waals surface area contributed by atoms with Crippen molar-refractivity contribution in [2.45, 2.75) is 0 Å². The van der Waals surface area contributed by atoms with Gasteiger partial charge in [0.2, 0.25) is 5.95 Å². The predicted octanol–water partition coefficient (Wildman–Crippen LogP) is 13.4. The van der Waals surface area contributed by atoms with E-state index in [4.69, 9.17) is 23.8 Å². The fourth-order valence-electron chi connectivity index (χ4n) is 8.31. The Morgan fingerprint density at radius 1 is 0.298 bits per heavy atom. The average molecular weight is 731 g/mol. The van der Waals surface area contributed by atoms with Crippen molar-refractivity contribution in [2.75, 3.05) is 0 Å². The van der Waals surface area contributed by atoms with Crippen LogP contribution < -0.4 is 0 Å². The molecular weight excluding hydrogens is 701 g/mol. The molecule has 0 radical (unpaired) electrons. The Labute approximate surface area is 325 Å². The highest BCUT2D eigenvalue weighted by atomic mass is 16.3. The first-order chi connectivity index (χ1) is 28.2. The monoisotopic (exact) mass is 730 g/mol. The van der Waals surface area contributed by atoms with E-state index in [2.05, 4.69) is 102 Å². The Bertz CT molecular complexity index is 3300. The summed E-state index contributed by atoms with van der Waals surface area (Å²) in [5.74, 6) is 1.79. The topological polar surface area (TPSA) is 69.9 Å². The van der Waals surface area contributed by atoms with Crippen LogP contribution in [0.15, 0.2) is 191 Å². The van der Waals surface area contributed by atoms with Crippen LogP contribution in [0.2, 0.25) is 0 Å². The molecule has 4 heterocycles. The van der Waals surface area contributed by atoms with Gasteiger partial charge in [-0.3, -0.25) is 4.57 Å². The summed E-state index contributed by atoms with van der Waals surface area (Å²) < 4.78 is 14.5. The third-order valence-electron chi connectivity index (χ3n) is 11.1. The van der Waals surface area contributed by atoms with E-state index in [-0.39, 0.29) is 0 Å². The molecule has 0 unspecified atom stereocenters. The lowest BCUT2D eigenvalue weighted by molar-refractivity contribution is 0.668. The number of nitrogens with zero attached hydrogens (tertiary/aromatic N) is 4. The van der Waals surface area contributed by atoms with Gasteiger partial charge >= 0.3 is 0 Å². The van der Waals surface area contributed by atoms with Crippen LogP contribution in [-0.2, 0) is 0 Å². The lowest BCUT2D eigenvalue weighted by Crippen LogP contribution is -2.06. The van der Waals surface area contributed by atoms with E-state index >= 15 is 0 Å². The lowest BCUT2D eigenvalue weighted by Gasteiger charge is -2.11. The summed E-state index contributed by atoms with van der Waals surface area (Å²) in [6, 6.07) is 62.9. The van der Waals surface area contributed by atoms with Gasteiger partial charge in [0.1, 0.15) is 22.3 Å². The van der Waals surface area contributed by atoms with E-state index < -0.39 is 0 Å². The second-order valence-electron chi connectivity index (χ2n) is 14.4. The molecule has 0 aliphatic heterocycles. The molecule has 6 nitrogen and oxygen atoms in total. The van der Waals surface area contributed by atoms with Crippen molar-refractivity contribution in [3.63, 3.8) is 0 Å². The number of hydrogen-bond acceptors (Lipinski definition) is 5. The zero-order chi connectivity index (χ0) is 37.5. The number of rotatable bonds is 5. The second kappa shape index (κ2) is 12.3. The molecule has 0 bridgehead atoms. The second-order valence-corrected chi connectivity index (χ2v) is 14.4. The molecule has 266 valence electrons. The fourth-order valence-corrected chi connectivity index (χ4v) is 8.31. The predicted molar refractivity (Wildman–Crippen MR) is 230 cm³/mol.